The Morgan fingerprint density at radius 2 is 2.00 bits per heavy atom. The van der Waals surface area contributed by atoms with E-state index in [0.29, 0.717) is 28.0 Å². The van der Waals surface area contributed by atoms with E-state index in [1.54, 1.807) is 25.3 Å². The van der Waals surface area contributed by atoms with E-state index in [1.807, 2.05) is 23.5 Å². The SMILES string of the molecule is CCC(Sc1nnc2cc(C)c3cccc(C)c3n12)C(=O)Nc1cc(Cl)ccc1OC. The number of ether oxygens (including phenoxy) is 1. The summed E-state index contributed by atoms with van der Waals surface area (Å²) in [7, 11) is 1.56. The summed E-state index contributed by atoms with van der Waals surface area (Å²) in [5.41, 5.74) is 4.66. The Bertz CT molecular complexity index is 1290. The summed E-state index contributed by atoms with van der Waals surface area (Å²) in [5.74, 6) is 0.417. The number of rotatable bonds is 6. The molecule has 8 heteroatoms. The molecule has 1 unspecified atom stereocenters. The maximum Gasteiger partial charge on any atom is 0.238 e. The molecule has 6 nitrogen and oxygen atoms in total. The van der Waals surface area contributed by atoms with E-state index in [1.165, 1.54) is 11.8 Å². The van der Waals surface area contributed by atoms with Gasteiger partial charge in [0.15, 0.2) is 10.8 Å². The van der Waals surface area contributed by atoms with Crippen LogP contribution in [0.1, 0.15) is 24.5 Å². The van der Waals surface area contributed by atoms with Gasteiger partial charge in [0.1, 0.15) is 5.75 Å². The molecule has 31 heavy (non-hydrogen) atoms. The average Bonchev–Trinajstić information content (AvgIpc) is 3.14. The Labute approximate surface area is 190 Å². The lowest BCUT2D eigenvalue weighted by Gasteiger charge is -2.16. The zero-order valence-electron chi connectivity index (χ0n) is 17.8. The Balaban J connectivity index is 1.69. The molecule has 4 rings (SSSR count). The van der Waals surface area contributed by atoms with Gasteiger partial charge in [-0.15, -0.1) is 10.2 Å². The maximum absolute atomic E-state index is 13.1. The van der Waals surface area contributed by atoms with Crippen molar-refractivity contribution in [3.05, 3.63) is 58.6 Å². The van der Waals surface area contributed by atoms with Crippen molar-refractivity contribution in [2.75, 3.05) is 12.4 Å². The smallest absolute Gasteiger partial charge is 0.238 e. The summed E-state index contributed by atoms with van der Waals surface area (Å²) in [6.07, 6.45) is 0.622. The van der Waals surface area contributed by atoms with Crippen LogP contribution in [0.2, 0.25) is 5.02 Å². The van der Waals surface area contributed by atoms with Crippen LogP contribution in [-0.4, -0.2) is 32.9 Å². The number of hydrogen-bond acceptors (Lipinski definition) is 5. The van der Waals surface area contributed by atoms with Gasteiger partial charge >= 0.3 is 0 Å². The first kappa shape index (κ1) is 21.5. The number of halogens is 1. The summed E-state index contributed by atoms with van der Waals surface area (Å²) >= 11 is 7.50. The summed E-state index contributed by atoms with van der Waals surface area (Å²) in [6, 6.07) is 13.4. The van der Waals surface area contributed by atoms with Gasteiger partial charge in [0.25, 0.3) is 0 Å². The molecule has 2 heterocycles. The molecular weight excluding hydrogens is 432 g/mol. The molecule has 2 aromatic carbocycles. The van der Waals surface area contributed by atoms with Gasteiger partial charge in [-0.3, -0.25) is 9.20 Å². The van der Waals surface area contributed by atoms with Crippen LogP contribution in [0.5, 0.6) is 5.75 Å². The Morgan fingerprint density at radius 3 is 2.74 bits per heavy atom. The van der Waals surface area contributed by atoms with Crippen molar-refractivity contribution in [3.63, 3.8) is 0 Å². The summed E-state index contributed by atoms with van der Waals surface area (Å²) in [5, 5.41) is 13.7. The molecule has 0 aliphatic heterocycles. The fourth-order valence-electron chi connectivity index (χ4n) is 3.65. The molecule has 0 aliphatic carbocycles. The number of fused-ring (bicyclic) bond motifs is 3. The zero-order chi connectivity index (χ0) is 22.1. The molecule has 160 valence electrons. The van der Waals surface area contributed by atoms with Crippen LogP contribution in [0.25, 0.3) is 16.6 Å². The van der Waals surface area contributed by atoms with Crippen LogP contribution in [-0.2, 0) is 4.79 Å². The van der Waals surface area contributed by atoms with Crippen molar-refractivity contribution in [3.8, 4) is 5.75 Å². The molecule has 1 atom stereocenters. The number of aromatic nitrogens is 3. The molecule has 1 N–H and O–H groups in total. The van der Waals surface area contributed by atoms with Gasteiger partial charge in [0.05, 0.1) is 23.6 Å². The molecule has 0 aliphatic rings. The molecule has 2 aromatic heterocycles. The van der Waals surface area contributed by atoms with Crippen LogP contribution in [0.15, 0.2) is 47.6 Å². The van der Waals surface area contributed by atoms with Crippen LogP contribution < -0.4 is 10.1 Å². The molecule has 0 bridgehead atoms. The molecule has 0 saturated heterocycles. The van der Waals surface area contributed by atoms with E-state index in [2.05, 4.69) is 41.5 Å². The monoisotopic (exact) mass is 454 g/mol. The lowest BCUT2D eigenvalue weighted by Crippen LogP contribution is -2.25. The fourth-order valence-corrected chi connectivity index (χ4v) is 4.78. The number of methoxy groups -OCH3 is 1. The minimum Gasteiger partial charge on any atom is -0.495 e. The van der Waals surface area contributed by atoms with Gasteiger partial charge in [0, 0.05) is 10.4 Å². The molecule has 1 amide bonds. The minimum atomic E-state index is -0.364. The first-order valence-electron chi connectivity index (χ1n) is 9.98. The first-order valence-corrected chi connectivity index (χ1v) is 11.2. The number of hydrogen-bond donors (Lipinski definition) is 1. The Hall–Kier alpha value is -2.77. The predicted octanol–water partition coefficient (Wildman–Crippen LogP) is 5.67. The van der Waals surface area contributed by atoms with E-state index in [9.17, 15) is 4.79 Å². The highest BCUT2D eigenvalue weighted by Gasteiger charge is 2.23. The van der Waals surface area contributed by atoms with Gasteiger partial charge < -0.3 is 10.1 Å². The van der Waals surface area contributed by atoms with Gasteiger partial charge in [-0.05, 0) is 55.7 Å². The lowest BCUT2D eigenvalue weighted by atomic mass is 10.1. The molecular formula is C23H23ClN4O2S. The van der Waals surface area contributed by atoms with Crippen LogP contribution in [0, 0.1) is 13.8 Å². The Kier molecular flexibility index (Phi) is 6.07. The number of carbonyl (C=O) groups excluding carboxylic acids is 1. The second-order valence-corrected chi connectivity index (χ2v) is 8.93. The highest BCUT2D eigenvalue weighted by molar-refractivity contribution is 8.00. The molecule has 0 spiro atoms. The first-order chi connectivity index (χ1) is 14.9. The number of carbonyl (C=O) groups is 1. The van der Waals surface area contributed by atoms with Crippen molar-refractivity contribution in [2.24, 2.45) is 0 Å². The summed E-state index contributed by atoms with van der Waals surface area (Å²) in [4.78, 5) is 13.1. The van der Waals surface area contributed by atoms with Crippen LogP contribution in [0.3, 0.4) is 0 Å². The fraction of sp³-hybridized carbons (Fsp3) is 0.261. The number of nitrogens with one attached hydrogen (secondary N) is 1. The minimum absolute atomic E-state index is 0.141. The lowest BCUT2D eigenvalue weighted by molar-refractivity contribution is -0.115. The number of para-hydroxylation sites is 1. The zero-order valence-corrected chi connectivity index (χ0v) is 19.3. The Morgan fingerprint density at radius 1 is 1.19 bits per heavy atom. The van der Waals surface area contributed by atoms with Gasteiger partial charge in [-0.2, -0.15) is 0 Å². The third kappa shape index (κ3) is 4.07. The largest absolute Gasteiger partial charge is 0.495 e. The third-order valence-corrected chi connectivity index (χ3v) is 6.76. The van der Waals surface area contributed by atoms with Crippen molar-refractivity contribution in [2.45, 2.75) is 37.6 Å². The van der Waals surface area contributed by atoms with Crippen LogP contribution in [0.4, 0.5) is 5.69 Å². The second kappa shape index (κ2) is 8.77. The van der Waals surface area contributed by atoms with E-state index in [0.717, 1.165) is 27.7 Å². The second-order valence-electron chi connectivity index (χ2n) is 7.32. The van der Waals surface area contributed by atoms with Gasteiger partial charge in [0.2, 0.25) is 5.91 Å². The standard InChI is InChI=1S/C23H23ClN4O2S/c1-5-19(22(29)25-17-12-15(24)9-10-18(17)30-4)31-23-27-26-20-11-14(3)16-8-6-7-13(2)21(16)28(20)23/h6-12,19H,5H2,1-4H3,(H,25,29). The number of amides is 1. The molecule has 0 radical (unpaired) electrons. The quantitative estimate of drug-likeness (QED) is 0.380. The van der Waals surface area contributed by atoms with Crippen LogP contribution >= 0.6 is 23.4 Å². The third-order valence-electron chi connectivity index (χ3n) is 5.22. The number of aryl methyl sites for hydroxylation is 2. The maximum atomic E-state index is 13.1. The normalized spacial score (nSPS) is 12.3. The van der Waals surface area contributed by atoms with Crippen molar-refractivity contribution in [1.29, 1.82) is 0 Å². The van der Waals surface area contributed by atoms with E-state index in [4.69, 9.17) is 16.3 Å². The number of benzene rings is 2. The number of nitrogens with zero attached hydrogens (tertiary/aromatic N) is 3. The molecule has 4 aromatic rings. The highest BCUT2D eigenvalue weighted by atomic mass is 35.5. The number of thioether (sulfide) groups is 1. The molecule has 0 fully saturated rings. The summed E-state index contributed by atoms with van der Waals surface area (Å²) < 4.78 is 7.38. The van der Waals surface area contributed by atoms with Crippen molar-refractivity contribution < 1.29 is 9.53 Å². The van der Waals surface area contributed by atoms with Crippen molar-refractivity contribution in [1.82, 2.24) is 14.6 Å². The highest BCUT2D eigenvalue weighted by Crippen LogP contribution is 2.32. The summed E-state index contributed by atoms with van der Waals surface area (Å²) in [6.45, 7) is 6.12. The van der Waals surface area contributed by atoms with Crippen molar-refractivity contribution >= 4 is 51.5 Å². The average molecular weight is 455 g/mol. The van der Waals surface area contributed by atoms with E-state index >= 15 is 0 Å². The molecule has 0 saturated carbocycles. The van der Waals surface area contributed by atoms with Gasteiger partial charge in [-0.1, -0.05) is 48.5 Å². The van der Waals surface area contributed by atoms with E-state index < -0.39 is 0 Å². The van der Waals surface area contributed by atoms with Gasteiger partial charge in [-0.25, -0.2) is 0 Å². The topological polar surface area (TPSA) is 68.5 Å². The van der Waals surface area contributed by atoms with E-state index in [-0.39, 0.29) is 11.2 Å². The number of anilines is 1. The predicted molar refractivity (Wildman–Crippen MR) is 127 cm³/mol. The number of pyridine rings is 1.